The molecule has 160 valence electrons. The van der Waals surface area contributed by atoms with Gasteiger partial charge in [-0.15, -0.1) is 0 Å². The van der Waals surface area contributed by atoms with Gasteiger partial charge in [0.15, 0.2) is 0 Å². The Kier molecular flexibility index (Phi) is 6.64. The maximum atomic E-state index is 13.6. The summed E-state index contributed by atoms with van der Waals surface area (Å²) >= 11 is 0. The van der Waals surface area contributed by atoms with Crippen LogP contribution in [0.15, 0.2) is 48.5 Å². The predicted octanol–water partition coefficient (Wildman–Crippen LogP) is 4.63. The van der Waals surface area contributed by atoms with Gasteiger partial charge in [-0.05, 0) is 49.1 Å². The lowest BCUT2D eigenvalue weighted by Crippen LogP contribution is -2.42. The van der Waals surface area contributed by atoms with Gasteiger partial charge < -0.3 is 15.5 Å². The smallest absolute Gasteiger partial charge is 0.376 e. The van der Waals surface area contributed by atoms with E-state index in [0.29, 0.717) is 24.6 Å². The fraction of sp³-hybridized carbons (Fsp3) is 0.364. The second-order valence-electron chi connectivity index (χ2n) is 7.52. The van der Waals surface area contributed by atoms with Crippen molar-refractivity contribution in [3.8, 4) is 0 Å². The van der Waals surface area contributed by atoms with Gasteiger partial charge in [0.1, 0.15) is 0 Å². The molecule has 0 aliphatic carbocycles. The van der Waals surface area contributed by atoms with E-state index in [1.54, 1.807) is 35.2 Å². The van der Waals surface area contributed by atoms with Crippen LogP contribution in [0.3, 0.4) is 0 Å². The topological polar surface area (TPSA) is 61.4 Å². The molecule has 1 saturated heterocycles. The number of likely N-dealkylation sites (tertiary alicyclic amines) is 1. The number of nitrogens with one attached hydrogen (secondary N) is 2. The van der Waals surface area contributed by atoms with Crippen LogP contribution in [0.25, 0.3) is 0 Å². The minimum absolute atomic E-state index is 0.0258. The van der Waals surface area contributed by atoms with Crippen LogP contribution in [-0.4, -0.2) is 36.3 Å². The van der Waals surface area contributed by atoms with Crippen LogP contribution < -0.4 is 10.6 Å². The zero-order chi connectivity index (χ0) is 21.7. The molecule has 0 aromatic heterocycles. The second-order valence-corrected chi connectivity index (χ2v) is 7.52. The van der Waals surface area contributed by atoms with Crippen molar-refractivity contribution >= 4 is 23.2 Å². The lowest BCUT2D eigenvalue weighted by molar-refractivity contribution is -0.137. The van der Waals surface area contributed by atoms with Gasteiger partial charge in [0.2, 0.25) is 5.91 Å². The second kappa shape index (κ2) is 9.19. The van der Waals surface area contributed by atoms with Crippen molar-refractivity contribution in [3.63, 3.8) is 0 Å². The monoisotopic (exact) mass is 419 g/mol. The van der Waals surface area contributed by atoms with Gasteiger partial charge in [-0.3, -0.25) is 9.59 Å². The molecule has 1 fully saturated rings. The average Bonchev–Trinajstić information content (AvgIpc) is 2.72. The highest BCUT2D eigenvalue weighted by Gasteiger charge is 2.34. The predicted molar refractivity (Wildman–Crippen MR) is 109 cm³/mol. The van der Waals surface area contributed by atoms with Crippen LogP contribution in [0.2, 0.25) is 0 Å². The molecule has 1 aliphatic rings. The number of anilines is 2. The molecule has 1 heterocycles. The number of piperidine rings is 1. The van der Waals surface area contributed by atoms with E-state index >= 15 is 0 Å². The third kappa shape index (κ3) is 5.52. The Bertz CT molecular complexity index is 900. The van der Waals surface area contributed by atoms with Gasteiger partial charge >= 0.3 is 6.18 Å². The Labute approximate surface area is 173 Å². The van der Waals surface area contributed by atoms with E-state index in [0.717, 1.165) is 18.9 Å². The highest BCUT2D eigenvalue weighted by molar-refractivity contribution is 6.04. The maximum Gasteiger partial charge on any atom is 0.418 e. The highest BCUT2D eigenvalue weighted by Crippen LogP contribution is 2.36. The van der Waals surface area contributed by atoms with Crippen molar-refractivity contribution in [1.29, 1.82) is 0 Å². The molecule has 0 spiro atoms. The van der Waals surface area contributed by atoms with Gasteiger partial charge in [-0.25, -0.2) is 0 Å². The summed E-state index contributed by atoms with van der Waals surface area (Å²) in [5, 5.41) is 5.10. The number of alkyl halides is 3. The summed E-state index contributed by atoms with van der Waals surface area (Å²) in [6, 6.07) is 11.7. The maximum absolute atomic E-state index is 13.6. The quantitative estimate of drug-likeness (QED) is 0.743. The molecule has 1 unspecified atom stereocenters. The molecule has 1 atom stereocenters. The minimum atomic E-state index is -4.64. The zero-order valence-electron chi connectivity index (χ0n) is 16.6. The van der Waals surface area contributed by atoms with Crippen molar-refractivity contribution < 1.29 is 22.8 Å². The summed E-state index contributed by atoms with van der Waals surface area (Å²) in [6.07, 6.45) is -2.69. The number of hydrogen-bond acceptors (Lipinski definition) is 3. The summed E-state index contributed by atoms with van der Waals surface area (Å²) in [6.45, 7) is 3.08. The molecule has 8 heteroatoms. The first-order valence-electron chi connectivity index (χ1n) is 9.83. The van der Waals surface area contributed by atoms with E-state index in [9.17, 15) is 22.8 Å². The number of benzene rings is 2. The fourth-order valence-electron chi connectivity index (χ4n) is 3.50. The number of nitrogens with zero attached hydrogens (tertiary/aromatic N) is 1. The average molecular weight is 419 g/mol. The Hall–Kier alpha value is -3.03. The molecular weight excluding hydrogens is 395 g/mol. The molecule has 0 radical (unpaired) electrons. The van der Waals surface area contributed by atoms with Crippen molar-refractivity contribution in [2.45, 2.75) is 25.9 Å². The number of carbonyl (C=O) groups is 2. The molecule has 2 N–H and O–H groups in total. The Morgan fingerprint density at radius 2 is 1.87 bits per heavy atom. The molecule has 2 aromatic carbocycles. The van der Waals surface area contributed by atoms with E-state index in [1.807, 2.05) is 0 Å². The molecular formula is C22H24F3N3O2. The first-order chi connectivity index (χ1) is 14.2. The Balaban J connectivity index is 1.71. The Morgan fingerprint density at radius 3 is 2.53 bits per heavy atom. The van der Waals surface area contributed by atoms with Crippen molar-refractivity contribution in [2.75, 3.05) is 30.3 Å². The normalized spacial score (nSPS) is 16.8. The summed E-state index contributed by atoms with van der Waals surface area (Å²) in [5.74, 6) is -0.337. The van der Waals surface area contributed by atoms with Gasteiger partial charge in [-0.1, -0.05) is 25.1 Å². The molecule has 2 aromatic rings. The number of amides is 2. The van der Waals surface area contributed by atoms with Crippen LogP contribution in [-0.2, 0) is 11.0 Å². The SMILES string of the molecule is CC1CCCN(C(=O)CNc2ccc(NC(=O)c3ccccc3)cc2C(F)(F)F)C1. The molecule has 5 nitrogen and oxygen atoms in total. The van der Waals surface area contributed by atoms with E-state index in [4.69, 9.17) is 0 Å². The van der Waals surface area contributed by atoms with Gasteiger partial charge in [-0.2, -0.15) is 13.2 Å². The highest BCUT2D eigenvalue weighted by atomic mass is 19.4. The van der Waals surface area contributed by atoms with Crippen LogP contribution in [0, 0.1) is 5.92 Å². The lowest BCUT2D eigenvalue weighted by Gasteiger charge is -2.31. The zero-order valence-corrected chi connectivity index (χ0v) is 16.6. The molecule has 2 amide bonds. The van der Waals surface area contributed by atoms with Crippen LogP contribution in [0.4, 0.5) is 24.5 Å². The van der Waals surface area contributed by atoms with Gasteiger partial charge in [0.25, 0.3) is 5.91 Å². The number of rotatable bonds is 5. The number of carbonyl (C=O) groups excluding carboxylic acids is 2. The molecule has 0 bridgehead atoms. The third-order valence-electron chi connectivity index (χ3n) is 5.06. The first kappa shape index (κ1) is 21.7. The summed E-state index contributed by atoms with van der Waals surface area (Å²) < 4.78 is 40.7. The van der Waals surface area contributed by atoms with E-state index in [2.05, 4.69) is 17.6 Å². The summed E-state index contributed by atoms with van der Waals surface area (Å²) in [5.41, 5.74) is -0.765. The van der Waals surface area contributed by atoms with Crippen molar-refractivity contribution in [2.24, 2.45) is 5.92 Å². The molecule has 30 heavy (non-hydrogen) atoms. The third-order valence-corrected chi connectivity index (χ3v) is 5.06. The summed E-state index contributed by atoms with van der Waals surface area (Å²) in [4.78, 5) is 26.3. The minimum Gasteiger partial charge on any atom is -0.376 e. The van der Waals surface area contributed by atoms with E-state index in [-0.39, 0.29) is 23.8 Å². The largest absolute Gasteiger partial charge is 0.418 e. The summed E-state index contributed by atoms with van der Waals surface area (Å²) in [7, 11) is 0. The van der Waals surface area contributed by atoms with E-state index < -0.39 is 17.6 Å². The lowest BCUT2D eigenvalue weighted by atomic mass is 10.0. The van der Waals surface area contributed by atoms with Crippen molar-refractivity contribution in [3.05, 3.63) is 59.7 Å². The molecule has 0 saturated carbocycles. The number of hydrogen-bond donors (Lipinski definition) is 2. The molecule has 1 aliphatic heterocycles. The first-order valence-corrected chi connectivity index (χ1v) is 9.83. The molecule has 3 rings (SSSR count). The van der Waals surface area contributed by atoms with Crippen molar-refractivity contribution in [1.82, 2.24) is 4.90 Å². The van der Waals surface area contributed by atoms with Crippen LogP contribution in [0.1, 0.15) is 35.7 Å². The van der Waals surface area contributed by atoms with E-state index in [1.165, 1.54) is 12.1 Å². The standard InChI is InChI=1S/C22H24F3N3O2/c1-15-6-5-11-28(14-15)20(29)13-26-19-10-9-17(12-18(19)22(23,24)25)27-21(30)16-7-3-2-4-8-16/h2-4,7-10,12,15,26H,5-6,11,13-14H2,1H3,(H,27,30). The van der Waals surface area contributed by atoms with Crippen LogP contribution in [0.5, 0.6) is 0 Å². The van der Waals surface area contributed by atoms with Crippen LogP contribution >= 0.6 is 0 Å². The Morgan fingerprint density at radius 1 is 1.13 bits per heavy atom. The fourth-order valence-corrected chi connectivity index (χ4v) is 3.50. The van der Waals surface area contributed by atoms with Gasteiger partial charge in [0, 0.05) is 30.0 Å². The van der Waals surface area contributed by atoms with Gasteiger partial charge in [0.05, 0.1) is 12.1 Å². The number of halogens is 3.